The van der Waals surface area contributed by atoms with Gasteiger partial charge in [0.2, 0.25) is 5.91 Å². The summed E-state index contributed by atoms with van der Waals surface area (Å²) in [5.41, 5.74) is 1.29. The third-order valence-corrected chi connectivity index (χ3v) is 4.79. The van der Waals surface area contributed by atoms with Crippen LogP contribution in [0.3, 0.4) is 0 Å². The second kappa shape index (κ2) is 7.93. The van der Waals surface area contributed by atoms with E-state index in [9.17, 15) is 13.6 Å². The summed E-state index contributed by atoms with van der Waals surface area (Å²) < 4.78 is 26.8. The van der Waals surface area contributed by atoms with E-state index < -0.39 is 0 Å². The maximum absolute atomic E-state index is 13.9. The summed E-state index contributed by atoms with van der Waals surface area (Å²) in [6, 6.07) is 10.7. The van der Waals surface area contributed by atoms with Gasteiger partial charge >= 0.3 is 0 Å². The molecule has 25 heavy (non-hydrogen) atoms. The number of hydrogen-bond acceptors (Lipinski definition) is 2. The lowest BCUT2D eigenvalue weighted by Crippen LogP contribution is -2.48. The van der Waals surface area contributed by atoms with E-state index in [1.165, 1.54) is 18.2 Å². The third kappa shape index (κ3) is 4.55. The Balaban J connectivity index is 1.53. The van der Waals surface area contributed by atoms with Gasteiger partial charge in [-0.05, 0) is 29.8 Å². The molecule has 0 radical (unpaired) electrons. The Hall–Kier alpha value is -1.98. The van der Waals surface area contributed by atoms with Crippen molar-refractivity contribution < 1.29 is 13.6 Å². The van der Waals surface area contributed by atoms with Crippen molar-refractivity contribution in [3.05, 3.63) is 70.2 Å². The van der Waals surface area contributed by atoms with Gasteiger partial charge in [0.05, 0.1) is 6.42 Å². The molecular weight excluding hydrogens is 346 g/mol. The summed E-state index contributed by atoms with van der Waals surface area (Å²) in [6.07, 6.45) is 0.263. The van der Waals surface area contributed by atoms with Crippen LogP contribution in [0.2, 0.25) is 5.02 Å². The average molecular weight is 365 g/mol. The van der Waals surface area contributed by atoms with Gasteiger partial charge in [-0.15, -0.1) is 0 Å². The van der Waals surface area contributed by atoms with E-state index in [1.54, 1.807) is 29.2 Å². The van der Waals surface area contributed by atoms with Crippen LogP contribution in [-0.4, -0.2) is 41.9 Å². The Morgan fingerprint density at radius 2 is 1.68 bits per heavy atom. The van der Waals surface area contributed by atoms with Crippen molar-refractivity contribution in [3.8, 4) is 0 Å². The molecule has 1 fully saturated rings. The van der Waals surface area contributed by atoms with Gasteiger partial charge in [0, 0.05) is 43.3 Å². The fourth-order valence-electron chi connectivity index (χ4n) is 2.95. The van der Waals surface area contributed by atoms with Crippen molar-refractivity contribution in [2.45, 2.75) is 13.0 Å². The molecule has 2 aromatic carbocycles. The monoisotopic (exact) mass is 364 g/mol. The summed E-state index contributed by atoms with van der Waals surface area (Å²) in [4.78, 5) is 16.2. The second-order valence-corrected chi connectivity index (χ2v) is 6.57. The fourth-order valence-corrected chi connectivity index (χ4v) is 3.17. The zero-order valence-corrected chi connectivity index (χ0v) is 14.5. The Labute approximate surface area is 150 Å². The SMILES string of the molecule is O=C(Cc1ccc(F)cc1)N1CCN(Cc2c(F)cccc2Cl)CC1. The summed E-state index contributed by atoms with van der Waals surface area (Å²) in [5.74, 6) is -0.589. The first-order chi connectivity index (χ1) is 12.0. The number of nitrogens with zero attached hydrogens (tertiary/aromatic N) is 2. The smallest absolute Gasteiger partial charge is 0.227 e. The molecule has 3 nitrogen and oxygen atoms in total. The first-order valence-corrected chi connectivity index (χ1v) is 8.58. The van der Waals surface area contributed by atoms with Crippen molar-refractivity contribution in [2.24, 2.45) is 0 Å². The van der Waals surface area contributed by atoms with E-state index in [-0.39, 0.29) is 24.0 Å². The van der Waals surface area contributed by atoms with E-state index >= 15 is 0 Å². The lowest BCUT2D eigenvalue weighted by atomic mass is 10.1. The molecule has 3 rings (SSSR count). The molecule has 0 unspecified atom stereocenters. The van der Waals surface area contributed by atoms with Crippen LogP contribution in [0.25, 0.3) is 0 Å². The van der Waals surface area contributed by atoms with Crippen molar-refractivity contribution in [1.82, 2.24) is 9.80 Å². The summed E-state index contributed by atoms with van der Waals surface area (Å²) in [7, 11) is 0. The summed E-state index contributed by atoms with van der Waals surface area (Å²) in [6.45, 7) is 2.95. The Morgan fingerprint density at radius 1 is 1.00 bits per heavy atom. The van der Waals surface area contributed by atoms with Crippen molar-refractivity contribution >= 4 is 17.5 Å². The molecule has 0 atom stereocenters. The quantitative estimate of drug-likeness (QED) is 0.829. The largest absolute Gasteiger partial charge is 0.340 e. The van der Waals surface area contributed by atoms with Gasteiger partial charge in [0.25, 0.3) is 0 Å². The minimum absolute atomic E-state index is 0.0233. The van der Waals surface area contributed by atoms with E-state index in [1.807, 2.05) is 0 Å². The third-order valence-electron chi connectivity index (χ3n) is 4.44. The number of amides is 1. The van der Waals surface area contributed by atoms with Gasteiger partial charge in [-0.25, -0.2) is 8.78 Å². The van der Waals surface area contributed by atoms with Gasteiger partial charge in [0.15, 0.2) is 0 Å². The number of carbonyl (C=O) groups is 1. The van der Waals surface area contributed by atoms with Crippen LogP contribution in [0.15, 0.2) is 42.5 Å². The van der Waals surface area contributed by atoms with Crippen LogP contribution in [0.4, 0.5) is 8.78 Å². The maximum Gasteiger partial charge on any atom is 0.227 e. The molecule has 0 N–H and O–H groups in total. The van der Waals surface area contributed by atoms with Crippen molar-refractivity contribution in [1.29, 1.82) is 0 Å². The number of piperazine rings is 1. The standard InChI is InChI=1S/C19H19ClF2N2O/c20-17-2-1-3-18(22)16(17)13-23-8-10-24(11-9-23)19(25)12-14-4-6-15(21)7-5-14/h1-7H,8-13H2. The number of benzene rings is 2. The topological polar surface area (TPSA) is 23.6 Å². The molecule has 1 aliphatic heterocycles. The molecule has 1 amide bonds. The highest BCUT2D eigenvalue weighted by Crippen LogP contribution is 2.21. The zero-order chi connectivity index (χ0) is 17.8. The average Bonchev–Trinajstić information content (AvgIpc) is 2.61. The molecule has 1 aliphatic rings. The Morgan fingerprint density at radius 3 is 2.32 bits per heavy atom. The second-order valence-electron chi connectivity index (χ2n) is 6.16. The molecule has 0 aromatic heterocycles. The zero-order valence-electron chi connectivity index (χ0n) is 13.7. The van der Waals surface area contributed by atoms with Crippen LogP contribution in [0, 0.1) is 11.6 Å². The van der Waals surface area contributed by atoms with Crippen LogP contribution >= 0.6 is 11.6 Å². The Kier molecular flexibility index (Phi) is 5.66. The van der Waals surface area contributed by atoms with E-state index in [2.05, 4.69) is 4.90 Å². The predicted octanol–water partition coefficient (Wildman–Crippen LogP) is 3.51. The first-order valence-electron chi connectivity index (χ1n) is 8.20. The van der Waals surface area contributed by atoms with E-state index in [0.717, 1.165) is 5.56 Å². The van der Waals surface area contributed by atoms with Crippen molar-refractivity contribution in [2.75, 3.05) is 26.2 Å². The molecule has 0 bridgehead atoms. The highest BCUT2D eigenvalue weighted by Gasteiger charge is 2.22. The molecule has 1 saturated heterocycles. The number of halogens is 3. The van der Waals surface area contributed by atoms with Crippen LogP contribution in [0.1, 0.15) is 11.1 Å². The minimum atomic E-state index is -0.309. The highest BCUT2D eigenvalue weighted by atomic mass is 35.5. The number of hydrogen-bond donors (Lipinski definition) is 0. The molecule has 0 aliphatic carbocycles. The van der Waals surface area contributed by atoms with Gasteiger partial charge in [-0.2, -0.15) is 0 Å². The maximum atomic E-state index is 13.9. The van der Waals surface area contributed by atoms with Crippen LogP contribution in [0.5, 0.6) is 0 Å². The Bertz CT molecular complexity index is 723. The minimum Gasteiger partial charge on any atom is -0.340 e. The van der Waals surface area contributed by atoms with Crippen LogP contribution in [-0.2, 0) is 17.8 Å². The molecular formula is C19H19ClF2N2O. The molecule has 1 heterocycles. The summed E-state index contributed by atoms with van der Waals surface area (Å²) >= 11 is 6.07. The molecule has 132 valence electrons. The van der Waals surface area contributed by atoms with Gasteiger partial charge in [-0.1, -0.05) is 29.8 Å². The van der Waals surface area contributed by atoms with Gasteiger partial charge in [-0.3, -0.25) is 9.69 Å². The van der Waals surface area contributed by atoms with E-state index in [4.69, 9.17) is 11.6 Å². The molecule has 0 saturated carbocycles. The van der Waals surface area contributed by atoms with Gasteiger partial charge in [0.1, 0.15) is 11.6 Å². The highest BCUT2D eigenvalue weighted by molar-refractivity contribution is 6.31. The van der Waals surface area contributed by atoms with Crippen molar-refractivity contribution in [3.63, 3.8) is 0 Å². The lowest BCUT2D eigenvalue weighted by molar-refractivity contribution is -0.132. The lowest BCUT2D eigenvalue weighted by Gasteiger charge is -2.35. The number of rotatable bonds is 4. The fraction of sp³-hybridized carbons (Fsp3) is 0.316. The van der Waals surface area contributed by atoms with Crippen LogP contribution < -0.4 is 0 Å². The summed E-state index contributed by atoms with van der Waals surface area (Å²) in [5, 5.41) is 0.426. The predicted molar refractivity (Wildman–Crippen MR) is 93.4 cm³/mol. The van der Waals surface area contributed by atoms with Gasteiger partial charge < -0.3 is 4.90 Å². The first kappa shape index (κ1) is 17.8. The molecule has 6 heteroatoms. The molecule has 2 aromatic rings. The normalized spacial score (nSPS) is 15.4. The van der Waals surface area contributed by atoms with E-state index in [0.29, 0.717) is 43.3 Å². The molecule has 0 spiro atoms. The number of carbonyl (C=O) groups excluding carboxylic acids is 1.